The first-order valence-corrected chi connectivity index (χ1v) is 8.66. The fourth-order valence-corrected chi connectivity index (χ4v) is 3.39. The van der Waals surface area contributed by atoms with Gasteiger partial charge in [0.25, 0.3) is 0 Å². The van der Waals surface area contributed by atoms with Gasteiger partial charge in [0.2, 0.25) is 0 Å². The minimum Gasteiger partial charge on any atom is -0.381 e. The summed E-state index contributed by atoms with van der Waals surface area (Å²) in [5.41, 5.74) is 1.22. The van der Waals surface area contributed by atoms with Crippen molar-refractivity contribution in [3.05, 3.63) is 36.2 Å². The van der Waals surface area contributed by atoms with Crippen LogP contribution in [-0.2, 0) is 24.4 Å². The van der Waals surface area contributed by atoms with Gasteiger partial charge in [-0.1, -0.05) is 0 Å². The molecule has 126 valence electrons. The number of rotatable bonds is 7. The fourth-order valence-electron chi connectivity index (χ4n) is 3.39. The summed E-state index contributed by atoms with van der Waals surface area (Å²) in [4.78, 5) is 4.64. The lowest BCUT2D eigenvalue weighted by atomic mass is 9.91. The number of ether oxygens (including phenoxy) is 1. The number of aromatic nitrogens is 4. The van der Waals surface area contributed by atoms with Gasteiger partial charge < -0.3 is 14.6 Å². The molecule has 1 aliphatic rings. The lowest BCUT2D eigenvalue weighted by Gasteiger charge is -2.31. The molecule has 3 heterocycles. The quantitative estimate of drug-likeness (QED) is 0.852. The zero-order valence-electron chi connectivity index (χ0n) is 14.1. The van der Waals surface area contributed by atoms with Gasteiger partial charge in [0.1, 0.15) is 5.82 Å². The first-order chi connectivity index (χ1) is 11.3. The molecule has 0 bridgehead atoms. The summed E-state index contributed by atoms with van der Waals surface area (Å²) in [6, 6.07) is 2.35. The number of hydrogen-bond acceptors (Lipinski definition) is 4. The van der Waals surface area contributed by atoms with Gasteiger partial charge in [-0.2, -0.15) is 5.10 Å². The lowest BCUT2D eigenvalue weighted by Crippen LogP contribution is -2.34. The number of nitrogens with one attached hydrogen (secondary N) is 1. The maximum Gasteiger partial charge on any atom is 0.126 e. The molecule has 0 amide bonds. The van der Waals surface area contributed by atoms with E-state index < -0.39 is 0 Å². The van der Waals surface area contributed by atoms with Crippen LogP contribution >= 0.6 is 0 Å². The van der Waals surface area contributed by atoms with Crippen molar-refractivity contribution in [3.63, 3.8) is 0 Å². The van der Waals surface area contributed by atoms with Crippen LogP contribution < -0.4 is 5.32 Å². The normalized spacial score (nSPS) is 17.5. The molecule has 0 aromatic carbocycles. The van der Waals surface area contributed by atoms with E-state index in [2.05, 4.69) is 46.1 Å². The number of nitrogens with zero attached hydrogens (tertiary/aromatic N) is 4. The zero-order chi connectivity index (χ0) is 16.1. The topological polar surface area (TPSA) is 56.9 Å². The van der Waals surface area contributed by atoms with Gasteiger partial charge >= 0.3 is 0 Å². The molecule has 6 nitrogen and oxygen atoms in total. The van der Waals surface area contributed by atoms with Crippen molar-refractivity contribution in [3.8, 4) is 0 Å². The van der Waals surface area contributed by atoms with E-state index in [1.54, 1.807) is 0 Å². The van der Waals surface area contributed by atoms with E-state index in [1.807, 2.05) is 17.1 Å². The Labute approximate surface area is 137 Å². The molecule has 3 rings (SSSR count). The first kappa shape index (κ1) is 16.2. The molecule has 2 aromatic heterocycles. The fraction of sp³-hybridized carbons (Fsp3) is 0.647. The van der Waals surface area contributed by atoms with Crippen molar-refractivity contribution in [1.82, 2.24) is 24.6 Å². The molecule has 0 unspecified atom stereocenters. The number of imidazole rings is 1. The number of hydrogen-bond donors (Lipinski definition) is 1. The highest BCUT2D eigenvalue weighted by Crippen LogP contribution is 2.29. The molecular weight excluding hydrogens is 290 g/mol. The average molecular weight is 317 g/mol. The maximum atomic E-state index is 5.54. The van der Waals surface area contributed by atoms with E-state index >= 15 is 0 Å². The van der Waals surface area contributed by atoms with Crippen molar-refractivity contribution in [2.45, 2.75) is 52.4 Å². The van der Waals surface area contributed by atoms with Gasteiger partial charge in [-0.05, 0) is 38.7 Å². The van der Waals surface area contributed by atoms with Gasteiger partial charge in [0.15, 0.2) is 0 Å². The van der Waals surface area contributed by atoms with Crippen molar-refractivity contribution in [2.75, 3.05) is 13.2 Å². The van der Waals surface area contributed by atoms with Crippen molar-refractivity contribution in [2.24, 2.45) is 5.92 Å². The van der Waals surface area contributed by atoms with Crippen molar-refractivity contribution < 1.29 is 4.74 Å². The highest BCUT2D eigenvalue weighted by molar-refractivity contribution is 5.05. The highest BCUT2D eigenvalue weighted by atomic mass is 16.5. The predicted molar refractivity (Wildman–Crippen MR) is 88.9 cm³/mol. The van der Waals surface area contributed by atoms with Crippen LogP contribution in [0.1, 0.15) is 44.2 Å². The molecule has 23 heavy (non-hydrogen) atoms. The van der Waals surface area contributed by atoms with Gasteiger partial charge in [-0.25, -0.2) is 4.98 Å². The van der Waals surface area contributed by atoms with E-state index in [1.165, 1.54) is 5.69 Å². The molecular formula is C17H27N5O. The summed E-state index contributed by atoms with van der Waals surface area (Å²) in [6.45, 7) is 8.64. The molecule has 1 aliphatic heterocycles. The minimum atomic E-state index is 0.258. The summed E-state index contributed by atoms with van der Waals surface area (Å²) in [7, 11) is 0. The molecule has 0 saturated carbocycles. The lowest BCUT2D eigenvalue weighted by molar-refractivity contribution is 0.0516. The van der Waals surface area contributed by atoms with E-state index in [-0.39, 0.29) is 6.04 Å². The van der Waals surface area contributed by atoms with Crippen LogP contribution in [0.25, 0.3) is 0 Å². The van der Waals surface area contributed by atoms with Crippen LogP contribution in [0.3, 0.4) is 0 Å². The molecule has 6 heteroatoms. The van der Waals surface area contributed by atoms with Crippen LogP contribution in [0.4, 0.5) is 0 Å². The highest BCUT2D eigenvalue weighted by Gasteiger charge is 2.28. The molecule has 0 radical (unpaired) electrons. The van der Waals surface area contributed by atoms with Gasteiger partial charge in [-0.15, -0.1) is 0 Å². The summed E-state index contributed by atoms with van der Waals surface area (Å²) >= 11 is 0. The van der Waals surface area contributed by atoms with E-state index in [4.69, 9.17) is 4.74 Å². The average Bonchev–Trinajstić information content (AvgIpc) is 3.25. The Bertz CT molecular complexity index is 600. The Kier molecular flexibility index (Phi) is 5.46. The van der Waals surface area contributed by atoms with Crippen LogP contribution in [0.15, 0.2) is 24.7 Å². The van der Waals surface area contributed by atoms with E-state index in [0.29, 0.717) is 5.92 Å². The predicted octanol–water partition coefficient (Wildman–Crippen LogP) is 2.38. The third-order valence-corrected chi connectivity index (χ3v) is 4.71. The van der Waals surface area contributed by atoms with Crippen molar-refractivity contribution >= 4 is 0 Å². The SMILES string of the molecule is CCn1ccnc1[C@H](NCc1ccnn1CC)C1CCOCC1. The first-order valence-electron chi connectivity index (χ1n) is 8.66. The summed E-state index contributed by atoms with van der Waals surface area (Å²) in [5, 5.41) is 8.10. The van der Waals surface area contributed by atoms with Gasteiger partial charge in [0, 0.05) is 51.4 Å². The molecule has 0 spiro atoms. The Morgan fingerprint density at radius 3 is 2.83 bits per heavy atom. The third kappa shape index (κ3) is 3.64. The monoisotopic (exact) mass is 317 g/mol. The zero-order valence-corrected chi connectivity index (χ0v) is 14.1. The van der Waals surface area contributed by atoms with Crippen LogP contribution in [-0.4, -0.2) is 32.5 Å². The Morgan fingerprint density at radius 1 is 1.26 bits per heavy atom. The largest absolute Gasteiger partial charge is 0.381 e. The maximum absolute atomic E-state index is 5.54. The standard InChI is InChI=1S/C17H27N5O/c1-3-21-10-9-18-17(21)16(14-6-11-23-12-7-14)19-13-15-5-8-20-22(15)4-2/h5,8-10,14,16,19H,3-4,6-7,11-13H2,1-2H3/t16-/m1/s1. The number of aryl methyl sites for hydroxylation is 2. The summed E-state index contributed by atoms with van der Waals surface area (Å²) in [6.07, 6.45) is 8.02. The smallest absolute Gasteiger partial charge is 0.126 e. The molecule has 1 N–H and O–H groups in total. The van der Waals surface area contributed by atoms with Crippen LogP contribution in [0.2, 0.25) is 0 Å². The Balaban J connectivity index is 1.77. The van der Waals surface area contributed by atoms with E-state index in [0.717, 1.165) is 51.5 Å². The molecule has 1 fully saturated rings. The third-order valence-electron chi connectivity index (χ3n) is 4.71. The molecule has 1 atom stereocenters. The van der Waals surface area contributed by atoms with Gasteiger partial charge in [-0.3, -0.25) is 4.68 Å². The Hall–Kier alpha value is -1.66. The van der Waals surface area contributed by atoms with Gasteiger partial charge in [0.05, 0.1) is 11.7 Å². The second-order valence-corrected chi connectivity index (χ2v) is 6.02. The van der Waals surface area contributed by atoms with E-state index in [9.17, 15) is 0 Å². The summed E-state index contributed by atoms with van der Waals surface area (Å²) < 4.78 is 9.82. The van der Waals surface area contributed by atoms with Crippen LogP contribution in [0, 0.1) is 5.92 Å². The molecule has 2 aromatic rings. The molecule has 1 saturated heterocycles. The van der Waals surface area contributed by atoms with Crippen LogP contribution in [0.5, 0.6) is 0 Å². The van der Waals surface area contributed by atoms with Crippen molar-refractivity contribution in [1.29, 1.82) is 0 Å². The summed E-state index contributed by atoms with van der Waals surface area (Å²) in [5.74, 6) is 1.71. The second-order valence-electron chi connectivity index (χ2n) is 6.02. The molecule has 0 aliphatic carbocycles. The Morgan fingerprint density at radius 2 is 2.09 bits per heavy atom. The minimum absolute atomic E-state index is 0.258. The second kappa shape index (κ2) is 7.75.